The number of nitrogens with one attached hydrogen (secondary N) is 1. The first-order chi connectivity index (χ1) is 10.6. The number of nitrogens with zero attached hydrogens (tertiary/aromatic N) is 1. The molecular formula is C17H34N2O4. The van der Waals surface area contributed by atoms with Crippen LogP contribution in [0.15, 0.2) is 0 Å². The smallest absolute Gasteiger partial charge is 0.410 e. The van der Waals surface area contributed by atoms with Gasteiger partial charge in [0.25, 0.3) is 0 Å². The van der Waals surface area contributed by atoms with Gasteiger partial charge in [-0.15, -0.1) is 0 Å². The number of rotatable bonds is 6. The molecule has 0 spiro atoms. The quantitative estimate of drug-likeness (QED) is 0.781. The van der Waals surface area contributed by atoms with Crippen LogP contribution in [0.4, 0.5) is 4.79 Å². The first-order valence-electron chi connectivity index (χ1n) is 8.55. The summed E-state index contributed by atoms with van der Waals surface area (Å²) in [5.74, 6) is 0. The molecule has 1 aliphatic rings. The third kappa shape index (κ3) is 8.53. The average molecular weight is 330 g/mol. The van der Waals surface area contributed by atoms with Crippen LogP contribution in [0.3, 0.4) is 0 Å². The Hall–Kier alpha value is -0.850. The number of likely N-dealkylation sites (tertiary alicyclic amines) is 1. The molecule has 1 aliphatic heterocycles. The first kappa shape index (κ1) is 20.2. The number of aliphatic hydroxyl groups is 1. The number of carbonyl (C=O) groups is 1. The maximum atomic E-state index is 12.1. The van der Waals surface area contributed by atoms with Gasteiger partial charge in [-0.05, 0) is 47.0 Å². The molecule has 0 radical (unpaired) electrons. The number of ether oxygens (including phenoxy) is 2. The van der Waals surface area contributed by atoms with E-state index in [4.69, 9.17) is 9.47 Å². The van der Waals surface area contributed by atoms with Crippen molar-refractivity contribution in [2.75, 3.05) is 33.4 Å². The zero-order chi connectivity index (χ0) is 17.5. The highest BCUT2D eigenvalue weighted by Gasteiger charge is 2.26. The number of hydrogen-bond acceptors (Lipinski definition) is 5. The lowest BCUT2D eigenvalue weighted by molar-refractivity contribution is 0.0209. The second-order valence-electron chi connectivity index (χ2n) is 7.72. The van der Waals surface area contributed by atoms with E-state index in [1.807, 2.05) is 27.7 Å². The van der Waals surface area contributed by atoms with Gasteiger partial charge in [0.05, 0.1) is 5.60 Å². The molecule has 0 aromatic carbocycles. The number of methoxy groups -OCH3 is 1. The van der Waals surface area contributed by atoms with E-state index in [9.17, 15) is 9.90 Å². The maximum absolute atomic E-state index is 12.1. The SMILES string of the molecule is COCCC(C)(O)CNC1CCCN(C(=O)OC(C)(C)C)CC1. The summed E-state index contributed by atoms with van der Waals surface area (Å²) in [4.78, 5) is 13.9. The number of amides is 1. The highest BCUT2D eigenvalue weighted by atomic mass is 16.6. The average Bonchev–Trinajstić information content (AvgIpc) is 2.67. The van der Waals surface area contributed by atoms with Gasteiger partial charge in [0.1, 0.15) is 5.60 Å². The van der Waals surface area contributed by atoms with Crippen LogP contribution in [-0.4, -0.2) is 66.7 Å². The summed E-state index contributed by atoms with van der Waals surface area (Å²) in [6, 6.07) is 0.316. The Morgan fingerprint density at radius 2 is 1.96 bits per heavy atom. The molecule has 1 amide bonds. The molecule has 1 saturated heterocycles. The summed E-state index contributed by atoms with van der Waals surface area (Å²) in [6.45, 7) is 9.97. The monoisotopic (exact) mass is 330 g/mol. The molecule has 1 fully saturated rings. The largest absolute Gasteiger partial charge is 0.444 e. The van der Waals surface area contributed by atoms with E-state index in [-0.39, 0.29) is 6.09 Å². The molecule has 6 nitrogen and oxygen atoms in total. The molecule has 0 aromatic heterocycles. The van der Waals surface area contributed by atoms with Crippen molar-refractivity contribution in [2.24, 2.45) is 0 Å². The van der Waals surface area contributed by atoms with Crippen LogP contribution < -0.4 is 5.32 Å². The van der Waals surface area contributed by atoms with Crippen molar-refractivity contribution >= 4 is 6.09 Å². The van der Waals surface area contributed by atoms with Gasteiger partial charge >= 0.3 is 6.09 Å². The van der Waals surface area contributed by atoms with Crippen LogP contribution in [0.2, 0.25) is 0 Å². The lowest BCUT2D eigenvalue weighted by Crippen LogP contribution is -2.43. The van der Waals surface area contributed by atoms with Crippen molar-refractivity contribution in [3.05, 3.63) is 0 Å². The fourth-order valence-electron chi connectivity index (χ4n) is 2.58. The summed E-state index contributed by atoms with van der Waals surface area (Å²) in [7, 11) is 1.64. The molecule has 0 aromatic rings. The van der Waals surface area contributed by atoms with E-state index in [0.717, 1.165) is 25.8 Å². The summed E-state index contributed by atoms with van der Waals surface area (Å²) in [5.41, 5.74) is -1.23. The van der Waals surface area contributed by atoms with E-state index in [1.54, 1.807) is 12.0 Å². The Morgan fingerprint density at radius 3 is 2.57 bits per heavy atom. The highest BCUT2D eigenvalue weighted by Crippen LogP contribution is 2.16. The van der Waals surface area contributed by atoms with Crippen molar-refractivity contribution in [1.29, 1.82) is 0 Å². The first-order valence-corrected chi connectivity index (χ1v) is 8.55. The van der Waals surface area contributed by atoms with E-state index in [1.165, 1.54) is 0 Å². The Labute approximate surface area is 140 Å². The molecule has 136 valence electrons. The Balaban J connectivity index is 2.39. The second-order valence-corrected chi connectivity index (χ2v) is 7.72. The molecule has 0 saturated carbocycles. The number of carbonyl (C=O) groups excluding carboxylic acids is 1. The standard InChI is InChI=1S/C17H34N2O4/c1-16(2,3)23-15(20)19-10-6-7-14(8-11-19)18-13-17(4,21)9-12-22-5/h14,18,21H,6-13H2,1-5H3. The fourth-order valence-corrected chi connectivity index (χ4v) is 2.58. The lowest BCUT2D eigenvalue weighted by atomic mass is 10.0. The second kappa shape index (κ2) is 8.85. The normalized spacial score (nSPS) is 22.3. The minimum Gasteiger partial charge on any atom is -0.444 e. The van der Waals surface area contributed by atoms with E-state index < -0.39 is 11.2 Å². The zero-order valence-electron chi connectivity index (χ0n) is 15.4. The fraction of sp³-hybridized carbons (Fsp3) is 0.941. The highest BCUT2D eigenvalue weighted by molar-refractivity contribution is 5.68. The van der Waals surface area contributed by atoms with E-state index in [2.05, 4.69) is 5.32 Å². The van der Waals surface area contributed by atoms with Gasteiger partial charge in [-0.25, -0.2) is 4.79 Å². The summed E-state index contributed by atoms with van der Waals surface area (Å²) in [5, 5.41) is 13.7. The van der Waals surface area contributed by atoms with Crippen LogP contribution in [0, 0.1) is 0 Å². The minimum absolute atomic E-state index is 0.231. The third-order valence-corrected chi connectivity index (χ3v) is 4.00. The lowest BCUT2D eigenvalue weighted by Gasteiger charge is -2.27. The minimum atomic E-state index is -0.771. The molecule has 2 atom stereocenters. The summed E-state index contributed by atoms with van der Waals surface area (Å²) >= 11 is 0. The van der Waals surface area contributed by atoms with Crippen molar-refractivity contribution in [3.63, 3.8) is 0 Å². The van der Waals surface area contributed by atoms with Gasteiger partial charge < -0.3 is 24.8 Å². The van der Waals surface area contributed by atoms with E-state index >= 15 is 0 Å². The van der Waals surface area contributed by atoms with Gasteiger partial charge in [-0.1, -0.05) is 0 Å². The van der Waals surface area contributed by atoms with Crippen molar-refractivity contribution in [3.8, 4) is 0 Å². The summed E-state index contributed by atoms with van der Waals surface area (Å²) < 4.78 is 10.5. The molecule has 0 aliphatic carbocycles. The van der Waals surface area contributed by atoms with Gasteiger partial charge in [0.15, 0.2) is 0 Å². The molecule has 0 bridgehead atoms. The third-order valence-electron chi connectivity index (χ3n) is 4.00. The van der Waals surface area contributed by atoms with Crippen molar-refractivity contribution < 1.29 is 19.4 Å². The van der Waals surface area contributed by atoms with E-state index in [0.29, 0.717) is 32.2 Å². The predicted octanol–water partition coefficient (Wildman–Crippen LogP) is 2.15. The molecule has 1 heterocycles. The Bertz CT molecular complexity index is 366. The maximum Gasteiger partial charge on any atom is 0.410 e. The zero-order valence-corrected chi connectivity index (χ0v) is 15.4. The predicted molar refractivity (Wildman–Crippen MR) is 90.6 cm³/mol. The molecule has 2 unspecified atom stereocenters. The summed E-state index contributed by atoms with van der Waals surface area (Å²) in [6.07, 6.45) is 3.19. The topological polar surface area (TPSA) is 71.0 Å². The van der Waals surface area contributed by atoms with Crippen LogP contribution in [-0.2, 0) is 9.47 Å². The Kier molecular flexibility index (Phi) is 7.77. The molecule has 6 heteroatoms. The van der Waals surface area contributed by atoms with Crippen molar-refractivity contribution in [2.45, 2.75) is 70.6 Å². The molecule has 2 N–H and O–H groups in total. The molecule has 1 rings (SSSR count). The van der Waals surface area contributed by atoms with Gasteiger partial charge in [-0.3, -0.25) is 0 Å². The van der Waals surface area contributed by atoms with Crippen LogP contribution in [0.1, 0.15) is 53.4 Å². The molecular weight excluding hydrogens is 296 g/mol. The van der Waals surface area contributed by atoms with Gasteiger partial charge in [0.2, 0.25) is 0 Å². The van der Waals surface area contributed by atoms with Crippen molar-refractivity contribution in [1.82, 2.24) is 10.2 Å². The van der Waals surface area contributed by atoms with Crippen LogP contribution in [0.25, 0.3) is 0 Å². The van der Waals surface area contributed by atoms with Gasteiger partial charge in [-0.2, -0.15) is 0 Å². The Morgan fingerprint density at radius 1 is 1.26 bits per heavy atom. The number of hydrogen-bond donors (Lipinski definition) is 2. The van der Waals surface area contributed by atoms with Gasteiger partial charge in [0, 0.05) is 45.8 Å². The van der Waals surface area contributed by atoms with Crippen LogP contribution >= 0.6 is 0 Å². The van der Waals surface area contributed by atoms with Crippen LogP contribution in [0.5, 0.6) is 0 Å². The molecule has 23 heavy (non-hydrogen) atoms.